The molecule has 0 aliphatic carbocycles. The zero-order chi connectivity index (χ0) is 13.8. The van der Waals surface area contributed by atoms with E-state index in [4.69, 9.17) is 0 Å². The predicted molar refractivity (Wildman–Crippen MR) is 71.5 cm³/mol. The van der Waals surface area contributed by atoms with Crippen molar-refractivity contribution in [3.8, 4) is 0 Å². The first-order valence-corrected chi connectivity index (χ1v) is 6.31. The number of rotatable bonds is 5. The van der Waals surface area contributed by atoms with E-state index in [1.807, 2.05) is 37.6 Å². The molecule has 1 amide bonds. The zero-order valence-electron chi connectivity index (χ0n) is 11.5. The maximum Gasteiger partial charge on any atom is 0.242 e. The Morgan fingerprint density at radius 3 is 2.84 bits per heavy atom. The van der Waals surface area contributed by atoms with Gasteiger partial charge in [0.2, 0.25) is 5.91 Å². The molecule has 19 heavy (non-hydrogen) atoms. The Morgan fingerprint density at radius 1 is 1.47 bits per heavy atom. The highest BCUT2D eigenvalue weighted by Crippen LogP contribution is 2.01. The van der Waals surface area contributed by atoms with Gasteiger partial charge in [0.15, 0.2) is 0 Å². The normalized spacial score (nSPS) is 12.4. The van der Waals surface area contributed by atoms with E-state index in [0.29, 0.717) is 6.54 Å². The van der Waals surface area contributed by atoms with E-state index in [1.54, 1.807) is 17.2 Å². The fourth-order valence-electron chi connectivity index (χ4n) is 2.05. The fraction of sp³-hybridized carbons (Fsp3) is 0.462. The van der Waals surface area contributed by atoms with Gasteiger partial charge in [0.1, 0.15) is 6.54 Å². The molecule has 1 N–H and O–H groups in total. The number of aromatic nitrogens is 4. The van der Waals surface area contributed by atoms with Crippen molar-refractivity contribution in [1.29, 1.82) is 0 Å². The first-order valence-electron chi connectivity index (χ1n) is 6.31. The lowest BCUT2D eigenvalue weighted by atomic mass is 10.3. The van der Waals surface area contributed by atoms with Gasteiger partial charge in [0.25, 0.3) is 0 Å². The first kappa shape index (κ1) is 13.3. The van der Waals surface area contributed by atoms with Crippen LogP contribution in [0.5, 0.6) is 0 Å². The van der Waals surface area contributed by atoms with Gasteiger partial charge in [-0.2, -0.15) is 5.10 Å². The number of nitrogens with one attached hydrogen (secondary N) is 1. The molecule has 2 heterocycles. The van der Waals surface area contributed by atoms with Crippen LogP contribution in [0, 0.1) is 13.8 Å². The standard InChI is InChI=1S/C13H19N5O/c1-10-6-12(3)18(16-10)8-13(19)15-11(2)7-17-5-4-14-9-17/h4-6,9,11H,7-8H2,1-3H3,(H,15,19). The zero-order valence-corrected chi connectivity index (χ0v) is 11.5. The number of carbonyl (C=O) groups excluding carboxylic acids is 1. The molecule has 6 nitrogen and oxygen atoms in total. The predicted octanol–water partition coefficient (Wildman–Crippen LogP) is 0.901. The van der Waals surface area contributed by atoms with Gasteiger partial charge in [0.05, 0.1) is 12.0 Å². The summed E-state index contributed by atoms with van der Waals surface area (Å²) in [5.74, 6) is -0.0289. The van der Waals surface area contributed by atoms with E-state index < -0.39 is 0 Å². The second-order valence-electron chi connectivity index (χ2n) is 4.81. The van der Waals surface area contributed by atoms with Crippen LogP contribution < -0.4 is 5.32 Å². The summed E-state index contributed by atoms with van der Waals surface area (Å²) in [6.07, 6.45) is 5.34. The maximum atomic E-state index is 11.9. The van der Waals surface area contributed by atoms with Crippen LogP contribution in [0.15, 0.2) is 24.8 Å². The number of amides is 1. The molecule has 6 heteroatoms. The van der Waals surface area contributed by atoms with Crippen molar-refractivity contribution < 1.29 is 4.79 Å². The minimum Gasteiger partial charge on any atom is -0.350 e. The Balaban J connectivity index is 1.85. The minimum absolute atomic E-state index is 0.0289. The Bertz CT molecular complexity index is 543. The monoisotopic (exact) mass is 261 g/mol. The van der Waals surface area contributed by atoms with Crippen LogP contribution in [-0.2, 0) is 17.9 Å². The third kappa shape index (κ3) is 3.67. The SMILES string of the molecule is Cc1cc(C)n(CC(=O)NC(C)Cn2ccnc2)n1. The van der Waals surface area contributed by atoms with Gasteiger partial charge in [-0.25, -0.2) is 4.98 Å². The van der Waals surface area contributed by atoms with Crippen LogP contribution in [-0.4, -0.2) is 31.3 Å². The van der Waals surface area contributed by atoms with Gasteiger partial charge in [-0.1, -0.05) is 0 Å². The number of nitrogens with zero attached hydrogens (tertiary/aromatic N) is 4. The van der Waals surface area contributed by atoms with Crippen LogP contribution in [0.3, 0.4) is 0 Å². The molecule has 102 valence electrons. The molecule has 2 aromatic heterocycles. The molecule has 0 saturated carbocycles. The molecular formula is C13H19N5O. The molecule has 1 unspecified atom stereocenters. The van der Waals surface area contributed by atoms with Crippen molar-refractivity contribution in [2.24, 2.45) is 0 Å². The van der Waals surface area contributed by atoms with E-state index in [2.05, 4.69) is 15.4 Å². The van der Waals surface area contributed by atoms with Gasteiger partial charge >= 0.3 is 0 Å². The van der Waals surface area contributed by atoms with Crippen molar-refractivity contribution in [3.63, 3.8) is 0 Å². The third-order valence-electron chi connectivity index (χ3n) is 2.85. The van der Waals surface area contributed by atoms with Crippen LogP contribution in [0.25, 0.3) is 0 Å². The average Bonchev–Trinajstić information content (AvgIpc) is 2.89. The van der Waals surface area contributed by atoms with Crippen molar-refractivity contribution in [2.45, 2.75) is 39.9 Å². The molecule has 2 rings (SSSR count). The Hall–Kier alpha value is -2.11. The molecule has 2 aromatic rings. The summed E-state index contributed by atoms with van der Waals surface area (Å²) >= 11 is 0. The van der Waals surface area contributed by atoms with Crippen LogP contribution in [0.2, 0.25) is 0 Å². The highest BCUT2D eigenvalue weighted by molar-refractivity contribution is 5.76. The molecule has 0 aliphatic rings. The minimum atomic E-state index is -0.0289. The highest BCUT2D eigenvalue weighted by atomic mass is 16.2. The number of hydrogen-bond acceptors (Lipinski definition) is 3. The fourth-order valence-corrected chi connectivity index (χ4v) is 2.05. The van der Waals surface area contributed by atoms with Crippen molar-refractivity contribution in [3.05, 3.63) is 36.2 Å². The Labute approximate surface area is 112 Å². The number of hydrogen-bond donors (Lipinski definition) is 1. The van der Waals surface area contributed by atoms with E-state index in [0.717, 1.165) is 11.4 Å². The lowest BCUT2D eigenvalue weighted by Crippen LogP contribution is -2.37. The summed E-state index contributed by atoms with van der Waals surface area (Å²) in [5, 5.41) is 7.23. The highest BCUT2D eigenvalue weighted by Gasteiger charge is 2.10. The van der Waals surface area contributed by atoms with Gasteiger partial charge in [-0.3, -0.25) is 9.48 Å². The molecule has 0 aliphatic heterocycles. The molecule has 0 saturated heterocycles. The summed E-state index contributed by atoms with van der Waals surface area (Å²) < 4.78 is 3.66. The number of carbonyl (C=O) groups is 1. The van der Waals surface area contributed by atoms with Gasteiger partial charge in [-0.05, 0) is 26.8 Å². The Kier molecular flexibility index (Phi) is 3.99. The average molecular weight is 261 g/mol. The quantitative estimate of drug-likeness (QED) is 0.869. The van der Waals surface area contributed by atoms with Crippen LogP contribution in [0.1, 0.15) is 18.3 Å². The summed E-state index contributed by atoms with van der Waals surface area (Å²) in [6, 6.07) is 2.01. The lowest BCUT2D eigenvalue weighted by molar-refractivity contribution is -0.122. The summed E-state index contributed by atoms with van der Waals surface area (Å²) in [7, 11) is 0. The smallest absolute Gasteiger partial charge is 0.242 e. The van der Waals surface area contributed by atoms with Crippen LogP contribution in [0.4, 0.5) is 0 Å². The second-order valence-corrected chi connectivity index (χ2v) is 4.81. The van der Waals surface area contributed by atoms with E-state index in [1.165, 1.54) is 0 Å². The largest absolute Gasteiger partial charge is 0.350 e. The molecule has 1 atom stereocenters. The van der Waals surface area contributed by atoms with Gasteiger partial charge < -0.3 is 9.88 Å². The second kappa shape index (κ2) is 5.69. The molecule has 0 radical (unpaired) electrons. The van der Waals surface area contributed by atoms with Gasteiger partial charge in [-0.15, -0.1) is 0 Å². The molecule has 0 spiro atoms. The van der Waals surface area contributed by atoms with Crippen LogP contribution >= 0.6 is 0 Å². The van der Waals surface area contributed by atoms with E-state index >= 15 is 0 Å². The van der Waals surface area contributed by atoms with E-state index in [-0.39, 0.29) is 18.5 Å². The summed E-state index contributed by atoms with van der Waals surface area (Å²) in [6.45, 7) is 6.81. The third-order valence-corrected chi connectivity index (χ3v) is 2.85. The van der Waals surface area contributed by atoms with Crippen molar-refractivity contribution >= 4 is 5.91 Å². The van der Waals surface area contributed by atoms with Crippen molar-refractivity contribution in [2.75, 3.05) is 0 Å². The number of aryl methyl sites for hydroxylation is 2. The van der Waals surface area contributed by atoms with E-state index in [9.17, 15) is 4.79 Å². The first-order chi connectivity index (χ1) is 9.04. The molecule has 0 aromatic carbocycles. The maximum absolute atomic E-state index is 11.9. The van der Waals surface area contributed by atoms with Gasteiger partial charge in [0, 0.05) is 30.7 Å². The molecule has 0 fully saturated rings. The van der Waals surface area contributed by atoms with Crippen molar-refractivity contribution in [1.82, 2.24) is 24.6 Å². The Morgan fingerprint density at radius 2 is 2.26 bits per heavy atom. The molecule has 0 bridgehead atoms. The molecular weight excluding hydrogens is 242 g/mol. The topological polar surface area (TPSA) is 64.7 Å². The summed E-state index contributed by atoms with van der Waals surface area (Å²) in [4.78, 5) is 15.9. The number of imidazole rings is 1. The lowest BCUT2D eigenvalue weighted by Gasteiger charge is -2.14. The summed E-state index contributed by atoms with van der Waals surface area (Å²) in [5.41, 5.74) is 1.92.